The molecule has 0 saturated carbocycles. The van der Waals surface area contributed by atoms with E-state index in [0.29, 0.717) is 4.57 Å². The first-order valence-corrected chi connectivity index (χ1v) is 6.56. The Morgan fingerprint density at radius 1 is 1.41 bits per heavy atom. The lowest BCUT2D eigenvalue weighted by atomic mass is 10.1. The number of hydrogen-bond donors (Lipinski definition) is 4. The van der Waals surface area contributed by atoms with Crippen LogP contribution < -0.4 is 11.2 Å². The number of rotatable bonds is 4. The van der Waals surface area contributed by atoms with Gasteiger partial charge in [0.15, 0.2) is 6.23 Å². The summed E-state index contributed by atoms with van der Waals surface area (Å²) in [4.78, 5) is 37.2. The van der Waals surface area contributed by atoms with Crippen LogP contribution >= 0.6 is 0 Å². The molecule has 1 aliphatic heterocycles. The zero-order chi connectivity index (χ0) is 16.4. The highest BCUT2D eigenvalue weighted by Gasteiger charge is 2.45. The van der Waals surface area contributed by atoms with Gasteiger partial charge < -0.3 is 24.8 Å². The van der Waals surface area contributed by atoms with Gasteiger partial charge in [-0.1, -0.05) is 0 Å². The Labute approximate surface area is 123 Å². The second-order valence-electron chi connectivity index (χ2n) is 4.64. The minimum atomic E-state index is -1.58. The van der Waals surface area contributed by atoms with E-state index in [0.717, 1.165) is 6.07 Å². The number of aromatic nitrogens is 2. The number of carbonyl (C=O) groups excluding carboxylic acids is 1. The van der Waals surface area contributed by atoms with E-state index in [1.165, 1.54) is 0 Å². The van der Waals surface area contributed by atoms with Gasteiger partial charge in [-0.15, -0.1) is 0 Å². The van der Waals surface area contributed by atoms with Crippen LogP contribution in [0.5, 0.6) is 0 Å². The van der Waals surface area contributed by atoms with Crippen molar-refractivity contribution >= 4 is 5.97 Å². The molecule has 122 valence electrons. The number of nitrogens with zero attached hydrogens (tertiary/aromatic N) is 1. The van der Waals surface area contributed by atoms with Crippen molar-refractivity contribution in [3.63, 3.8) is 0 Å². The van der Waals surface area contributed by atoms with Crippen LogP contribution in [0.3, 0.4) is 0 Å². The number of aliphatic hydroxyl groups is 3. The molecule has 0 spiro atoms. The van der Waals surface area contributed by atoms with Gasteiger partial charge >= 0.3 is 11.7 Å². The molecule has 1 aliphatic rings. The molecule has 1 saturated heterocycles. The Hall–Kier alpha value is -2.01. The highest BCUT2D eigenvalue weighted by atomic mass is 16.6. The summed E-state index contributed by atoms with van der Waals surface area (Å²) in [7, 11) is 0. The van der Waals surface area contributed by atoms with Crippen LogP contribution in [0.4, 0.5) is 0 Å². The highest BCUT2D eigenvalue weighted by Crippen LogP contribution is 2.28. The lowest BCUT2D eigenvalue weighted by molar-refractivity contribution is -0.0565. The molecule has 2 heterocycles. The van der Waals surface area contributed by atoms with Crippen LogP contribution in [0, 0.1) is 0 Å². The van der Waals surface area contributed by atoms with Crippen LogP contribution in [0.2, 0.25) is 0 Å². The summed E-state index contributed by atoms with van der Waals surface area (Å²) in [5.74, 6) is -0.955. The summed E-state index contributed by atoms with van der Waals surface area (Å²) in [6, 6.07) is 0.828. The standard InChI is InChI=1S/C12H16N2O8/c1-2-21-11(19)5-3-7(16)13-12(20)14(5)10-9(18)8(17)6(4-15)22-10/h3,6,8-10,15,17-18H,2,4H2,1H3,(H,13,16,20)/t6-,8?,9?,10-/m1/s1. The molecule has 10 heteroatoms. The molecular weight excluding hydrogens is 300 g/mol. The van der Waals surface area contributed by atoms with E-state index in [9.17, 15) is 24.6 Å². The summed E-state index contributed by atoms with van der Waals surface area (Å²) >= 11 is 0. The fraction of sp³-hybridized carbons (Fsp3) is 0.583. The van der Waals surface area contributed by atoms with Crippen molar-refractivity contribution in [2.24, 2.45) is 0 Å². The average Bonchev–Trinajstić information content (AvgIpc) is 2.74. The van der Waals surface area contributed by atoms with E-state index in [2.05, 4.69) is 0 Å². The van der Waals surface area contributed by atoms with Crippen molar-refractivity contribution in [3.05, 3.63) is 32.6 Å². The van der Waals surface area contributed by atoms with Crippen molar-refractivity contribution in [2.45, 2.75) is 31.5 Å². The lowest BCUT2D eigenvalue weighted by Crippen LogP contribution is -2.41. The first kappa shape index (κ1) is 16.4. The third kappa shape index (κ3) is 2.81. The number of nitrogens with one attached hydrogen (secondary N) is 1. The molecule has 4 N–H and O–H groups in total. The number of aromatic amines is 1. The molecule has 0 aromatic carbocycles. The molecule has 0 bridgehead atoms. The second kappa shape index (κ2) is 6.40. The smallest absolute Gasteiger partial charge is 0.355 e. The molecule has 1 aromatic rings. The third-order valence-corrected chi connectivity index (χ3v) is 3.23. The summed E-state index contributed by atoms with van der Waals surface area (Å²) in [6.45, 7) is 0.956. The van der Waals surface area contributed by atoms with Gasteiger partial charge in [0.25, 0.3) is 5.56 Å². The predicted octanol–water partition coefficient (Wildman–Crippen LogP) is -2.68. The van der Waals surface area contributed by atoms with Gasteiger partial charge in [0.1, 0.15) is 24.0 Å². The summed E-state index contributed by atoms with van der Waals surface area (Å²) in [6.07, 6.45) is -5.61. The molecule has 0 radical (unpaired) electrons. The first-order chi connectivity index (χ1) is 10.4. The Morgan fingerprint density at radius 2 is 2.09 bits per heavy atom. The van der Waals surface area contributed by atoms with E-state index in [4.69, 9.17) is 14.6 Å². The molecule has 2 rings (SSSR count). The SMILES string of the molecule is CCOC(=O)c1cc(=O)[nH]c(=O)n1[C@@H]1O[C@H](CO)C(O)C1O. The van der Waals surface area contributed by atoms with Crippen LogP contribution in [0.15, 0.2) is 15.7 Å². The quantitative estimate of drug-likeness (QED) is 0.439. The molecule has 0 amide bonds. The second-order valence-corrected chi connectivity index (χ2v) is 4.64. The van der Waals surface area contributed by atoms with Gasteiger partial charge in [-0.05, 0) is 6.92 Å². The maximum absolute atomic E-state index is 12.0. The fourth-order valence-corrected chi connectivity index (χ4v) is 2.21. The lowest BCUT2D eigenvalue weighted by Gasteiger charge is -2.19. The highest BCUT2D eigenvalue weighted by molar-refractivity contribution is 5.87. The van der Waals surface area contributed by atoms with E-state index < -0.39 is 54.1 Å². The van der Waals surface area contributed by atoms with E-state index in [1.54, 1.807) is 6.92 Å². The van der Waals surface area contributed by atoms with Crippen LogP contribution in [-0.4, -0.2) is 62.4 Å². The molecule has 0 aliphatic carbocycles. The largest absolute Gasteiger partial charge is 0.461 e. The number of carbonyl (C=O) groups is 1. The van der Waals surface area contributed by atoms with Gasteiger partial charge in [0.2, 0.25) is 0 Å². The van der Waals surface area contributed by atoms with Gasteiger partial charge in [-0.2, -0.15) is 0 Å². The summed E-state index contributed by atoms with van der Waals surface area (Å²) in [5, 5.41) is 28.7. The van der Waals surface area contributed by atoms with Crippen LogP contribution in [-0.2, 0) is 9.47 Å². The summed E-state index contributed by atoms with van der Waals surface area (Å²) in [5.41, 5.74) is -2.26. The number of esters is 1. The first-order valence-electron chi connectivity index (χ1n) is 6.56. The van der Waals surface area contributed by atoms with Gasteiger partial charge in [-0.3, -0.25) is 14.3 Å². The van der Waals surface area contributed by atoms with Crippen molar-refractivity contribution in [2.75, 3.05) is 13.2 Å². The van der Waals surface area contributed by atoms with Crippen LogP contribution in [0.25, 0.3) is 0 Å². The molecular formula is C12H16N2O8. The number of aliphatic hydroxyl groups excluding tert-OH is 3. The Kier molecular flexibility index (Phi) is 4.76. The molecule has 4 atom stereocenters. The topological polar surface area (TPSA) is 151 Å². The molecule has 1 aromatic heterocycles. The molecule has 10 nitrogen and oxygen atoms in total. The minimum absolute atomic E-state index is 0.00971. The van der Waals surface area contributed by atoms with Crippen molar-refractivity contribution in [1.29, 1.82) is 0 Å². The summed E-state index contributed by atoms with van der Waals surface area (Å²) < 4.78 is 10.6. The maximum Gasteiger partial charge on any atom is 0.355 e. The predicted molar refractivity (Wildman–Crippen MR) is 70.3 cm³/mol. The zero-order valence-corrected chi connectivity index (χ0v) is 11.6. The van der Waals surface area contributed by atoms with E-state index >= 15 is 0 Å². The van der Waals surface area contributed by atoms with Crippen molar-refractivity contribution in [3.8, 4) is 0 Å². The molecule has 22 heavy (non-hydrogen) atoms. The Balaban J connectivity index is 2.53. The van der Waals surface area contributed by atoms with Crippen LogP contribution in [0.1, 0.15) is 23.6 Å². The number of H-pyrrole nitrogens is 1. The van der Waals surface area contributed by atoms with Gasteiger partial charge in [0.05, 0.1) is 13.2 Å². The Bertz CT molecular complexity index is 666. The average molecular weight is 316 g/mol. The minimum Gasteiger partial charge on any atom is -0.461 e. The monoisotopic (exact) mass is 316 g/mol. The van der Waals surface area contributed by atoms with Crippen molar-refractivity contribution < 1.29 is 29.6 Å². The van der Waals surface area contributed by atoms with E-state index in [1.807, 2.05) is 4.98 Å². The maximum atomic E-state index is 12.0. The molecule has 2 unspecified atom stereocenters. The molecule has 1 fully saturated rings. The van der Waals surface area contributed by atoms with E-state index in [-0.39, 0.29) is 6.61 Å². The zero-order valence-electron chi connectivity index (χ0n) is 11.6. The number of hydrogen-bond acceptors (Lipinski definition) is 8. The van der Waals surface area contributed by atoms with Gasteiger partial charge in [-0.25, -0.2) is 9.59 Å². The van der Waals surface area contributed by atoms with Gasteiger partial charge in [0, 0.05) is 6.07 Å². The normalized spacial score (nSPS) is 27.8. The van der Waals surface area contributed by atoms with Crippen molar-refractivity contribution in [1.82, 2.24) is 9.55 Å². The third-order valence-electron chi connectivity index (χ3n) is 3.23. The fourth-order valence-electron chi connectivity index (χ4n) is 2.21. The Morgan fingerprint density at radius 3 is 2.64 bits per heavy atom. The number of ether oxygens (including phenoxy) is 2.